The van der Waals surface area contributed by atoms with Crippen molar-refractivity contribution in [1.29, 1.82) is 0 Å². The van der Waals surface area contributed by atoms with E-state index in [1.807, 2.05) is 6.92 Å². The Hall–Kier alpha value is -1.14. The molecule has 0 aliphatic rings. The summed E-state index contributed by atoms with van der Waals surface area (Å²) >= 11 is 1.76. The summed E-state index contributed by atoms with van der Waals surface area (Å²) in [6.07, 6.45) is 3.42. The monoisotopic (exact) mass is 354 g/mol. The molecule has 0 saturated heterocycles. The van der Waals surface area contributed by atoms with Crippen LogP contribution in [0.3, 0.4) is 0 Å². The number of aromatic nitrogens is 1. The predicted octanol–water partition coefficient (Wildman–Crippen LogP) is 3.39. The van der Waals surface area contributed by atoms with Crippen molar-refractivity contribution in [2.24, 2.45) is 10.4 Å². The van der Waals surface area contributed by atoms with Gasteiger partial charge in [-0.1, -0.05) is 20.8 Å². The van der Waals surface area contributed by atoms with E-state index in [-0.39, 0.29) is 11.5 Å². The molecule has 1 aromatic heterocycles. The molecule has 1 rings (SSSR count). The number of ether oxygens (including phenoxy) is 1. The van der Waals surface area contributed by atoms with Crippen molar-refractivity contribution in [2.75, 3.05) is 26.7 Å². The Bertz CT molecular complexity index is 493. The minimum atomic E-state index is 0.0847. The van der Waals surface area contributed by atoms with E-state index in [1.54, 1.807) is 18.4 Å². The molecule has 0 amide bonds. The van der Waals surface area contributed by atoms with Crippen LogP contribution in [0.4, 0.5) is 0 Å². The molecule has 24 heavy (non-hydrogen) atoms. The summed E-state index contributed by atoms with van der Waals surface area (Å²) in [5.74, 6) is 0.869. The van der Waals surface area contributed by atoms with Crippen molar-refractivity contribution in [3.8, 4) is 0 Å². The van der Waals surface area contributed by atoms with Gasteiger partial charge in [0.15, 0.2) is 5.96 Å². The van der Waals surface area contributed by atoms with Gasteiger partial charge in [0.25, 0.3) is 0 Å². The van der Waals surface area contributed by atoms with Gasteiger partial charge in [-0.2, -0.15) is 0 Å². The van der Waals surface area contributed by atoms with Gasteiger partial charge >= 0.3 is 0 Å². The lowest BCUT2D eigenvalue weighted by atomic mass is 9.89. The first kappa shape index (κ1) is 20.9. The normalized spacial score (nSPS) is 13.8. The summed E-state index contributed by atoms with van der Waals surface area (Å²) < 4.78 is 5.57. The molecule has 1 heterocycles. The molecule has 1 aromatic rings. The van der Waals surface area contributed by atoms with E-state index in [1.165, 1.54) is 5.01 Å². The molecule has 138 valence electrons. The van der Waals surface area contributed by atoms with Crippen LogP contribution in [0.5, 0.6) is 0 Å². The SMILES string of the molecule is CCNC(=NCC(OC)C(C)(C)C)NCCCCc1nc(C)cs1. The van der Waals surface area contributed by atoms with Gasteiger partial charge < -0.3 is 15.4 Å². The van der Waals surface area contributed by atoms with Gasteiger partial charge in [0.1, 0.15) is 0 Å². The quantitative estimate of drug-likeness (QED) is 0.405. The highest BCUT2D eigenvalue weighted by molar-refractivity contribution is 7.09. The number of thiazole rings is 1. The number of methoxy groups -OCH3 is 1. The lowest BCUT2D eigenvalue weighted by Gasteiger charge is -2.28. The van der Waals surface area contributed by atoms with Crippen molar-refractivity contribution in [1.82, 2.24) is 15.6 Å². The van der Waals surface area contributed by atoms with Crippen LogP contribution in [0.1, 0.15) is 51.2 Å². The second-order valence-corrected chi connectivity index (χ2v) is 8.02. The largest absolute Gasteiger partial charge is 0.379 e. The molecule has 1 unspecified atom stereocenters. The molecule has 0 bridgehead atoms. The van der Waals surface area contributed by atoms with Crippen LogP contribution in [0.2, 0.25) is 0 Å². The average Bonchev–Trinajstić information content (AvgIpc) is 2.91. The second-order valence-electron chi connectivity index (χ2n) is 7.08. The zero-order valence-electron chi connectivity index (χ0n) is 16.1. The molecular formula is C18H34N4OS. The standard InChI is InChI=1S/C18H34N4OS/c1-7-19-17(21-12-15(23-6)18(3,4)5)20-11-9-8-10-16-22-14(2)13-24-16/h13,15H,7-12H2,1-6H3,(H2,19,20,21). The van der Waals surface area contributed by atoms with Gasteiger partial charge in [0.2, 0.25) is 0 Å². The van der Waals surface area contributed by atoms with Gasteiger partial charge in [-0.05, 0) is 38.5 Å². The Morgan fingerprint density at radius 2 is 2.08 bits per heavy atom. The molecule has 0 saturated carbocycles. The van der Waals surface area contributed by atoms with Gasteiger partial charge in [0.05, 0.1) is 17.7 Å². The number of hydrogen-bond acceptors (Lipinski definition) is 4. The molecule has 0 radical (unpaired) electrons. The van der Waals surface area contributed by atoms with Crippen LogP contribution in [0, 0.1) is 12.3 Å². The fourth-order valence-corrected chi connectivity index (χ4v) is 3.16. The highest BCUT2D eigenvalue weighted by atomic mass is 32.1. The first-order valence-electron chi connectivity index (χ1n) is 8.82. The molecule has 2 N–H and O–H groups in total. The van der Waals surface area contributed by atoms with Crippen LogP contribution in [0.15, 0.2) is 10.4 Å². The topological polar surface area (TPSA) is 58.5 Å². The second kappa shape index (κ2) is 10.7. The van der Waals surface area contributed by atoms with E-state index in [4.69, 9.17) is 4.74 Å². The molecule has 5 nitrogen and oxygen atoms in total. The summed E-state index contributed by atoms with van der Waals surface area (Å²) in [4.78, 5) is 9.17. The summed E-state index contributed by atoms with van der Waals surface area (Å²) in [6, 6.07) is 0. The van der Waals surface area contributed by atoms with Gasteiger partial charge in [-0.3, -0.25) is 4.99 Å². The summed E-state index contributed by atoms with van der Waals surface area (Å²) in [5, 5.41) is 10.1. The van der Waals surface area contributed by atoms with Crippen LogP contribution >= 0.6 is 11.3 Å². The lowest BCUT2D eigenvalue weighted by Crippen LogP contribution is -2.39. The maximum absolute atomic E-state index is 5.57. The zero-order chi connectivity index (χ0) is 18.0. The highest BCUT2D eigenvalue weighted by Gasteiger charge is 2.23. The number of aryl methyl sites for hydroxylation is 2. The molecule has 0 spiro atoms. The lowest BCUT2D eigenvalue weighted by molar-refractivity contribution is 0.0241. The molecule has 0 aromatic carbocycles. The van der Waals surface area contributed by atoms with Crippen molar-refractivity contribution < 1.29 is 4.74 Å². The predicted molar refractivity (Wildman–Crippen MR) is 104 cm³/mol. The molecule has 0 fully saturated rings. The van der Waals surface area contributed by atoms with Crippen LogP contribution < -0.4 is 10.6 Å². The Kier molecular flexibility index (Phi) is 9.29. The Morgan fingerprint density at radius 1 is 1.33 bits per heavy atom. The van der Waals surface area contributed by atoms with Gasteiger partial charge in [0, 0.05) is 31.3 Å². The molecule has 0 aliphatic carbocycles. The fourth-order valence-electron chi connectivity index (χ4n) is 2.34. The Morgan fingerprint density at radius 3 is 2.62 bits per heavy atom. The third kappa shape index (κ3) is 8.11. The van der Waals surface area contributed by atoms with Crippen LogP contribution in [0.25, 0.3) is 0 Å². The Balaban J connectivity index is 2.35. The molecular weight excluding hydrogens is 320 g/mol. The van der Waals surface area contributed by atoms with Crippen molar-refractivity contribution in [3.63, 3.8) is 0 Å². The number of guanidine groups is 1. The van der Waals surface area contributed by atoms with Crippen LogP contribution in [-0.4, -0.2) is 43.8 Å². The van der Waals surface area contributed by atoms with E-state index in [9.17, 15) is 0 Å². The molecule has 6 heteroatoms. The molecule has 0 aliphatic heterocycles. The smallest absolute Gasteiger partial charge is 0.191 e. The van der Waals surface area contributed by atoms with E-state index in [2.05, 4.69) is 53.7 Å². The van der Waals surface area contributed by atoms with E-state index in [0.29, 0.717) is 6.54 Å². The third-order valence-corrected chi connectivity index (χ3v) is 4.81. The number of nitrogens with one attached hydrogen (secondary N) is 2. The van der Waals surface area contributed by atoms with E-state index >= 15 is 0 Å². The summed E-state index contributed by atoms with van der Waals surface area (Å²) in [6.45, 7) is 13.1. The maximum atomic E-state index is 5.57. The minimum Gasteiger partial charge on any atom is -0.379 e. The number of rotatable bonds is 9. The summed E-state index contributed by atoms with van der Waals surface area (Å²) in [7, 11) is 1.76. The number of nitrogens with zero attached hydrogens (tertiary/aromatic N) is 2. The minimum absolute atomic E-state index is 0.0847. The maximum Gasteiger partial charge on any atom is 0.191 e. The van der Waals surface area contributed by atoms with E-state index in [0.717, 1.165) is 44.0 Å². The van der Waals surface area contributed by atoms with Crippen molar-refractivity contribution >= 4 is 17.3 Å². The van der Waals surface area contributed by atoms with Crippen molar-refractivity contribution in [3.05, 3.63) is 16.1 Å². The highest BCUT2D eigenvalue weighted by Crippen LogP contribution is 2.21. The fraction of sp³-hybridized carbons (Fsp3) is 0.778. The van der Waals surface area contributed by atoms with Crippen LogP contribution in [-0.2, 0) is 11.2 Å². The number of aliphatic imine (C=N–C) groups is 1. The number of unbranched alkanes of at least 4 members (excludes halogenated alkanes) is 1. The summed E-state index contributed by atoms with van der Waals surface area (Å²) in [5.41, 5.74) is 1.21. The Labute approximate surface area is 151 Å². The first-order valence-corrected chi connectivity index (χ1v) is 9.70. The van der Waals surface area contributed by atoms with Gasteiger partial charge in [-0.25, -0.2) is 4.98 Å². The first-order chi connectivity index (χ1) is 11.4. The number of hydrogen-bond donors (Lipinski definition) is 2. The average molecular weight is 355 g/mol. The third-order valence-electron chi connectivity index (χ3n) is 3.79. The van der Waals surface area contributed by atoms with Gasteiger partial charge in [-0.15, -0.1) is 11.3 Å². The zero-order valence-corrected chi connectivity index (χ0v) is 16.9. The van der Waals surface area contributed by atoms with Crippen molar-refractivity contribution in [2.45, 2.75) is 60.0 Å². The van der Waals surface area contributed by atoms with E-state index < -0.39 is 0 Å². The molecule has 1 atom stereocenters.